The van der Waals surface area contributed by atoms with Crippen molar-refractivity contribution >= 4 is 10.0 Å². The Morgan fingerprint density at radius 2 is 1.86 bits per heavy atom. The highest BCUT2D eigenvalue weighted by atomic mass is 32.2. The lowest BCUT2D eigenvalue weighted by atomic mass is 9.85. The highest BCUT2D eigenvalue weighted by molar-refractivity contribution is 7.89. The summed E-state index contributed by atoms with van der Waals surface area (Å²) in [4.78, 5) is 0. The van der Waals surface area contributed by atoms with Crippen LogP contribution in [0.4, 0.5) is 13.2 Å². The molecule has 1 aliphatic heterocycles. The van der Waals surface area contributed by atoms with Crippen molar-refractivity contribution in [3.05, 3.63) is 59.7 Å². The van der Waals surface area contributed by atoms with E-state index in [1.807, 2.05) is 0 Å². The van der Waals surface area contributed by atoms with Crippen LogP contribution >= 0.6 is 0 Å². The first-order valence-corrected chi connectivity index (χ1v) is 10.7. The maximum Gasteiger partial charge on any atom is 0.241 e. The van der Waals surface area contributed by atoms with Gasteiger partial charge in [-0.15, -0.1) is 0 Å². The van der Waals surface area contributed by atoms with Gasteiger partial charge in [-0.1, -0.05) is 30.3 Å². The van der Waals surface area contributed by atoms with Crippen molar-refractivity contribution < 1.29 is 21.6 Å². The Morgan fingerprint density at radius 1 is 1.18 bits per heavy atom. The van der Waals surface area contributed by atoms with Gasteiger partial charge in [0.25, 0.3) is 0 Å². The summed E-state index contributed by atoms with van der Waals surface area (Å²) in [5.41, 5.74) is -1.97. The number of rotatable bonds is 5. The van der Waals surface area contributed by atoms with Gasteiger partial charge < -0.3 is 5.32 Å². The first-order chi connectivity index (χ1) is 13.2. The van der Waals surface area contributed by atoms with Gasteiger partial charge in [0.05, 0.1) is 0 Å². The van der Waals surface area contributed by atoms with E-state index >= 15 is 4.39 Å². The van der Waals surface area contributed by atoms with Crippen molar-refractivity contribution in [1.29, 1.82) is 0 Å². The van der Waals surface area contributed by atoms with Crippen LogP contribution in [0, 0.1) is 23.0 Å². The summed E-state index contributed by atoms with van der Waals surface area (Å²) in [6, 6.07) is 10.1. The van der Waals surface area contributed by atoms with E-state index in [-0.39, 0.29) is 17.5 Å². The predicted octanol–water partition coefficient (Wildman–Crippen LogP) is 3.13. The molecular formula is C20H21F3N2O2S. The minimum atomic E-state index is -4.39. The fourth-order valence-corrected chi connectivity index (χ4v) is 5.29. The highest BCUT2D eigenvalue weighted by Crippen LogP contribution is 2.58. The van der Waals surface area contributed by atoms with Crippen LogP contribution in [0.25, 0.3) is 11.1 Å². The predicted molar refractivity (Wildman–Crippen MR) is 100 cm³/mol. The zero-order valence-corrected chi connectivity index (χ0v) is 15.9. The van der Waals surface area contributed by atoms with Gasteiger partial charge in [0.1, 0.15) is 11.6 Å². The molecule has 1 aliphatic carbocycles. The quantitative estimate of drug-likeness (QED) is 0.796. The highest BCUT2D eigenvalue weighted by Gasteiger charge is 2.61. The van der Waals surface area contributed by atoms with E-state index in [0.29, 0.717) is 24.9 Å². The van der Waals surface area contributed by atoms with E-state index < -0.39 is 44.5 Å². The lowest BCUT2D eigenvalue weighted by Crippen LogP contribution is -2.42. The van der Waals surface area contributed by atoms with Crippen LogP contribution in [-0.2, 0) is 16.4 Å². The third kappa shape index (κ3) is 3.44. The molecule has 3 atom stereocenters. The molecule has 8 heteroatoms. The lowest BCUT2D eigenvalue weighted by molar-refractivity contribution is 0.221. The van der Waals surface area contributed by atoms with Crippen molar-refractivity contribution in [2.75, 3.05) is 6.54 Å². The number of nitrogens with two attached hydrogens (primary N) is 1. The zero-order valence-electron chi connectivity index (χ0n) is 15.0. The van der Waals surface area contributed by atoms with Gasteiger partial charge in [-0.05, 0) is 47.9 Å². The van der Waals surface area contributed by atoms with Gasteiger partial charge in [0, 0.05) is 24.1 Å². The summed E-state index contributed by atoms with van der Waals surface area (Å²) in [7, 11) is -4.39. The van der Waals surface area contributed by atoms with Gasteiger partial charge in [-0.25, -0.2) is 26.7 Å². The van der Waals surface area contributed by atoms with E-state index in [1.54, 1.807) is 30.3 Å². The topological polar surface area (TPSA) is 72.2 Å². The molecule has 4 nitrogen and oxygen atoms in total. The van der Waals surface area contributed by atoms with Crippen molar-refractivity contribution in [1.82, 2.24) is 5.32 Å². The second-order valence-electron chi connectivity index (χ2n) is 7.81. The monoisotopic (exact) mass is 410 g/mol. The number of nitrogens with one attached hydrogen (secondary N) is 1. The normalized spacial score (nSPS) is 24.4. The zero-order chi connectivity index (χ0) is 20.1. The summed E-state index contributed by atoms with van der Waals surface area (Å²) in [6.45, 7) is 0.445. The number of alkyl halides is 1. The SMILES string of the molecule is NS(=O)(=O)C(F)[C@@H]1[C@H](Cc2cc(F)cc(-c3ccccc3)c2F)NCC12CC2. The second-order valence-corrected chi connectivity index (χ2v) is 9.44. The minimum Gasteiger partial charge on any atom is -0.313 e. The van der Waals surface area contributed by atoms with Crippen LogP contribution in [-0.4, -0.2) is 26.5 Å². The average molecular weight is 410 g/mol. The molecule has 0 aromatic heterocycles. The number of halogens is 3. The molecule has 1 saturated carbocycles. The van der Waals surface area contributed by atoms with Crippen molar-refractivity contribution in [3.8, 4) is 11.1 Å². The minimum absolute atomic E-state index is 0.0220. The summed E-state index contributed by atoms with van der Waals surface area (Å²) in [5.74, 6) is -2.07. The van der Waals surface area contributed by atoms with E-state index in [4.69, 9.17) is 5.14 Å². The number of hydrogen-bond acceptors (Lipinski definition) is 3. The number of hydrogen-bond donors (Lipinski definition) is 2. The molecule has 0 amide bonds. The standard InChI is InChI=1S/C20H21F3N2O2S/c21-14-8-13(18(22)15(10-14)12-4-2-1-3-5-12)9-16-17(19(23)28(24,26)27)20(6-7-20)11-25-16/h1-5,8,10,16-17,19,25H,6-7,9,11H2,(H2,24,26,27)/t16-,17-,19?/m0/s1. The molecular weight excluding hydrogens is 389 g/mol. The van der Waals surface area contributed by atoms with Gasteiger partial charge in [-0.2, -0.15) is 0 Å². The molecule has 0 radical (unpaired) electrons. The van der Waals surface area contributed by atoms with E-state index in [0.717, 1.165) is 12.1 Å². The Bertz CT molecular complexity index is 994. The fraction of sp³-hybridized carbons (Fsp3) is 0.400. The number of benzene rings is 2. The Balaban J connectivity index is 1.68. The molecule has 150 valence electrons. The molecule has 1 spiro atoms. The van der Waals surface area contributed by atoms with Crippen LogP contribution in [0.3, 0.4) is 0 Å². The fourth-order valence-electron chi connectivity index (χ4n) is 4.40. The number of sulfonamides is 1. The van der Waals surface area contributed by atoms with Crippen LogP contribution in [0.5, 0.6) is 0 Å². The van der Waals surface area contributed by atoms with Gasteiger partial charge in [0.2, 0.25) is 15.5 Å². The Hall–Kier alpha value is -1.90. The first kappa shape index (κ1) is 19.4. The van der Waals surface area contributed by atoms with E-state index in [1.165, 1.54) is 0 Å². The maximum absolute atomic E-state index is 15.1. The molecule has 0 bridgehead atoms. The summed E-state index contributed by atoms with van der Waals surface area (Å²) < 4.78 is 67.3. The maximum atomic E-state index is 15.1. The molecule has 1 saturated heterocycles. The van der Waals surface area contributed by atoms with Crippen LogP contribution in [0.2, 0.25) is 0 Å². The smallest absolute Gasteiger partial charge is 0.241 e. The van der Waals surface area contributed by atoms with Crippen LogP contribution < -0.4 is 10.5 Å². The van der Waals surface area contributed by atoms with E-state index in [2.05, 4.69) is 5.32 Å². The number of primary sulfonamides is 1. The second kappa shape index (κ2) is 6.86. The largest absolute Gasteiger partial charge is 0.313 e. The summed E-state index contributed by atoms with van der Waals surface area (Å²) >= 11 is 0. The molecule has 2 aromatic carbocycles. The Kier molecular flexibility index (Phi) is 4.76. The third-order valence-electron chi connectivity index (χ3n) is 5.98. The molecule has 28 heavy (non-hydrogen) atoms. The molecule has 2 aromatic rings. The average Bonchev–Trinajstić information content (AvgIpc) is 3.34. The Morgan fingerprint density at radius 3 is 2.46 bits per heavy atom. The lowest BCUT2D eigenvalue weighted by Gasteiger charge is -2.26. The van der Waals surface area contributed by atoms with Gasteiger partial charge >= 0.3 is 0 Å². The van der Waals surface area contributed by atoms with Crippen molar-refractivity contribution in [2.45, 2.75) is 30.8 Å². The van der Waals surface area contributed by atoms with Crippen molar-refractivity contribution in [3.63, 3.8) is 0 Å². The first-order valence-electron chi connectivity index (χ1n) is 9.14. The van der Waals surface area contributed by atoms with Gasteiger partial charge in [0.15, 0.2) is 0 Å². The molecule has 2 aliphatic rings. The molecule has 3 N–H and O–H groups in total. The van der Waals surface area contributed by atoms with Gasteiger partial charge in [-0.3, -0.25) is 0 Å². The molecule has 2 fully saturated rings. The summed E-state index contributed by atoms with van der Waals surface area (Å²) in [5, 5.41) is 8.17. The summed E-state index contributed by atoms with van der Waals surface area (Å²) in [6.07, 6.45) is 1.36. The van der Waals surface area contributed by atoms with Crippen molar-refractivity contribution in [2.24, 2.45) is 16.5 Å². The van der Waals surface area contributed by atoms with E-state index in [9.17, 15) is 17.2 Å². The Labute approximate surface area is 162 Å². The van der Waals surface area contributed by atoms with Crippen LogP contribution in [0.1, 0.15) is 18.4 Å². The molecule has 1 unspecified atom stereocenters. The third-order valence-corrected chi connectivity index (χ3v) is 6.90. The molecule has 1 heterocycles. The van der Waals surface area contributed by atoms with Crippen LogP contribution in [0.15, 0.2) is 42.5 Å². The molecule has 4 rings (SSSR count).